The minimum Gasteiger partial charge on any atom is -0.370 e. The normalized spacial score (nSPS) is 15.7. The fourth-order valence-corrected chi connectivity index (χ4v) is 5.69. The first kappa shape index (κ1) is 25.1. The summed E-state index contributed by atoms with van der Waals surface area (Å²) in [5.41, 5.74) is 0. The number of amides is 1. The molecule has 0 unspecified atom stereocenters. The summed E-state index contributed by atoms with van der Waals surface area (Å²) in [5.74, 6) is 1.27. The van der Waals surface area contributed by atoms with Crippen molar-refractivity contribution in [3.63, 3.8) is 0 Å². The van der Waals surface area contributed by atoms with Gasteiger partial charge in [0.25, 0.3) is 0 Å². The van der Waals surface area contributed by atoms with Gasteiger partial charge in [0.15, 0.2) is 0 Å². The second kappa shape index (κ2) is 11.6. The smallest absolute Gasteiger partial charge is 0.241 e. The van der Waals surface area contributed by atoms with E-state index in [1.807, 2.05) is 47.4 Å². The minimum absolute atomic E-state index is 0.126. The van der Waals surface area contributed by atoms with E-state index in [1.165, 1.54) is 0 Å². The van der Waals surface area contributed by atoms with Crippen LogP contribution in [-0.4, -0.2) is 49.9 Å². The first-order chi connectivity index (χ1) is 16.9. The summed E-state index contributed by atoms with van der Waals surface area (Å²) in [6.07, 6.45) is 5.59. The first-order valence-corrected chi connectivity index (χ1v) is 13.9. The zero-order valence-electron chi connectivity index (χ0n) is 20.2. The highest BCUT2D eigenvalue weighted by Crippen LogP contribution is 2.21. The first-order valence-electron chi connectivity index (χ1n) is 12.4. The maximum Gasteiger partial charge on any atom is 0.241 e. The van der Waals surface area contributed by atoms with Crippen molar-refractivity contribution in [1.29, 1.82) is 0 Å². The lowest BCUT2D eigenvalue weighted by molar-refractivity contribution is -0.134. The van der Waals surface area contributed by atoms with Crippen molar-refractivity contribution in [2.24, 2.45) is 5.92 Å². The zero-order chi connectivity index (χ0) is 24.7. The number of benzene rings is 2. The molecule has 1 saturated heterocycles. The Morgan fingerprint density at radius 3 is 2.51 bits per heavy atom. The van der Waals surface area contributed by atoms with Crippen LogP contribution in [0.4, 0.5) is 5.82 Å². The average Bonchev–Trinajstić information content (AvgIpc) is 2.88. The highest BCUT2D eigenvalue weighted by Gasteiger charge is 2.30. The molecule has 0 radical (unpaired) electrons. The SMILES string of the molecule is CC1CCN(C(=O)[C@H](CCCCNc2ccccn2)NS(=O)(=O)c2ccc3ccccc3c2)CC1. The van der Waals surface area contributed by atoms with E-state index in [1.54, 1.807) is 24.4 Å². The van der Waals surface area contributed by atoms with Gasteiger partial charge < -0.3 is 10.2 Å². The number of carbonyl (C=O) groups excluding carboxylic acids is 1. The molecule has 186 valence electrons. The Hall–Kier alpha value is -2.97. The van der Waals surface area contributed by atoms with Gasteiger partial charge in [0, 0.05) is 25.8 Å². The standard InChI is InChI=1S/C27H34N4O3S/c1-21-14-18-31(19-15-21)27(32)25(10-4-6-16-28-26-11-5-7-17-29-26)30-35(33,34)24-13-12-22-8-2-3-9-23(22)20-24/h2-3,5,7-9,11-13,17,20-21,25,30H,4,6,10,14-16,18-19H2,1H3,(H,28,29)/t25-/m0/s1. The molecule has 0 spiro atoms. The molecular formula is C27H34N4O3S. The second-order valence-electron chi connectivity index (χ2n) is 9.33. The highest BCUT2D eigenvalue weighted by atomic mass is 32.2. The number of hydrogen-bond acceptors (Lipinski definition) is 5. The summed E-state index contributed by atoms with van der Waals surface area (Å²) in [6, 6.07) is 17.6. The van der Waals surface area contributed by atoms with Gasteiger partial charge in [-0.3, -0.25) is 4.79 Å². The maximum atomic E-state index is 13.4. The topological polar surface area (TPSA) is 91.4 Å². The van der Waals surface area contributed by atoms with Crippen LogP contribution in [0.15, 0.2) is 71.8 Å². The van der Waals surface area contributed by atoms with Gasteiger partial charge in [0.1, 0.15) is 11.9 Å². The Morgan fingerprint density at radius 1 is 1.03 bits per heavy atom. The number of unbranched alkanes of at least 4 members (excludes halogenated alkanes) is 1. The number of carbonyl (C=O) groups is 1. The molecular weight excluding hydrogens is 460 g/mol. The number of fused-ring (bicyclic) bond motifs is 1. The fourth-order valence-electron chi connectivity index (χ4n) is 4.43. The Morgan fingerprint density at radius 2 is 1.77 bits per heavy atom. The molecule has 7 nitrogen and oxygen atoms in total. The number of nitrogens with one attached hydrogen (secondary N) is 2. The number of pyridine rings is 1. The minimum atomic E-state index is -3.85. The van der Waals surface area contributed by atoms with E-state index in [0.717, 1.165) is 35.9 Å². The second-order valence-corrected chi connectivity index (χ2v) is 11.0. The van der Waals surface area contributed by atoms with Crippen LogP contribution >= 0.6 is 0 Å². The Labute approximate surface area is 208 Å². The Bertz CT molecular complexity index is 1230. The lowest BCUT2D eigenvalue weighted by atomic mass is 9.98. The molecule has 3 aromatic rings. The summed E-state index contributed by atoms with van der Waals surface area (Å²) in [5, 5.41) is 5.09. The van der Waals surface area contributed by atoms with Crippen LogP contribution in [0.2, 0.25) is 0 Å². The predicted molar refractivity (Wildman–Crippen MR) is 140 cm³/mol. The van der Waals surface area contributed by atoms with Crippen LogP contribution in [0.5, 0.6) is 0 Å². The number of likely N-dealkylation sites (tertiary alicyclic amines) is 1. The van der Waals surface area contributed by atoms with E-state index in [4.69, 9.17) is 0 Å². The molecule has 1 atom stereocenters. The monoisotopic (exact) mass is 494 g/mol. The summed E-state index contributed by atoms with van der Waals surface area (Å²) in [7, 11) is -3.85. The molecule has 2 heterocycles. The van der Waals surface area contributed by atoms with Gasteiger partial charge in [-0.05, 0) is 73.1 Å². The fraction of sp³-hybridized carbons (Fsp3) is 0.407. The maximum absolute atomic E-state index is 13.4. The molecule has 1 fully saturated rings. The Balaban J connectivity index is 1.43. The van der Waals surface area contributed by atoms with Crippen molar-refractivity contribution in [1.82, 2.24) is 14.6 Å². The molecule has 0 saturated carbocycles. The number of sulfonamides is 1. The molecule has 8 heteroatoms. The molecule has 1 amide bonds. The molecule has 35 heavy (non-hydrogen) atoms. The molecule has 1 aliphatic heterocycles. The molecule has 2 aromatic carbocycles. The van der Waals surface area contributed by atoms with Crippen molar-refractivity contribution in [3.8, 4) is 0 Å². The van der Waals surface area contributed by atoms with Crippen molar-refractivity contribution < 1.29 is 13.2 Å². The van der Waals surface area contributed by atoms with Gasteiger partial charge in [0.2, 0.25) is 15.9 Å². The van der Waals surface area contributed by atoms with Crippen LogP contribution in [-0.2, 0) is 14.8 Å². The molecule has 4 rings (SSSR count). The number of anilines is 1. The third-order valence-electron chi connectivity index (χ3n) is 6.61. The zero-order valence-corrected chi connectivity index (χ0v) is 21.0. The van der Waals surface area contributed by atoms with Crippen LogP contribution in [0, 0.1) is 5.92 Å². The van der Waals surface area contributed by atoms with Gasteiger partial charge >= 0.3 is 0 Å². The number of aromatic nitrogens is 1. The third-order valence-corrected chi connectivity index (χ3v) is 8.08. The van der Waals surface area contributed by atoms with Gasteiger partial charge in [-0.1, -0.05) is 43.3 Å². The Kier molecular flexibility index (Phi) is 8.36. The summed E-state index contributed by atoms with van der Waals surface area (Å²) in [6.45, 7) is 4.25. The predicted octanol–water partition coefficient (Wildman–Crippen LogP) is 4.42. The van der Waals surface area contributed by atoms with Gasteiger partial charge in [-0.15, -0.1) is 0 Å². The van der Waals surface area contributed by atoms with E-state index >= 15 is 0 Å². The van der Waals surface area contributed by atoms with Crippen LogP contribution in [0.25, 0.3) is 10.8 Å². The summed E-state index contributed by atoms with van der Waals surface area (Å²) in [4.78, 5) is 19.6. The van der Waals surface area contributed by atoms with Crippen LogP contribution in [0.3, 0.4) is 0 Å². The van der Waals surface area contributed by atoms with Crippen molar-refractivity contribution >= 4 is 32.5 Å². The van der Waals surface area contributed by atoms with E-state index in [2.05, 4.69) is 21.9 Å². The van der Waals surface area contributed by atoms with Crippen LogP contribution in [0.1, 0.15) is 39.0 Å². The van der Waals surface area contributed by atoms with Gasteiger partial charge in [0.05, 0.1) is 4.90 Å². The number of hydrogen-bond donors (Lipinski definition) is 2. The molecule has 2 N–H and O–H groups in total. The molecule has 0 bridgehead atoms. The average molecular weight is 495 g/mol. The van der Waals surface area contributed by atoms with Gasteiger partial charge in [-0.25, -0.2) is 13.4 Å². The van der Waals surface area contributed by atoms with E-state index < -0.39 is 16.1 Å². The molecule has 1 aromatic heterocycles. The van der Waals surface area contributed by atoms with Crippen LogP contribution < -0.4 is 10.0 Å². The van der Waals surface area contributed by atoms with Gasteiger partial charge in [-0.2, -0.15) is 4.72 Å². The molecule has 0 aliphatic carbocycles. The van der Waals surface area contributed by atoms with E-state index in [9.17, 15) is 13.2 Å². The van der Waals surface area contributed by atoms with Crippen molar-refractivity contribution in [2.75, 3.05) is 25.0 Å². The highest BCUT2D eigenvalue weighted by molar-refractivity contribution is 7.89. The number of rotatable bonds is 10. The lowest BCUT2D eigenvalue weighted by Crippen LogP contribution is -2.50. The number of nitrogens with zero attached hydrogens (tertiary/aromatic N) is 2. The third kappa shape index (κ3) is 6.80. The van der Waals surface area contributed by atoms with E-state index in [-0.39, 0.29) is 10.8 Å². The quantitative estimate of drug-likeness (QED) is 0.407. The van der Waals surface area contributed by atoms with E-state index in [0.29, 0.717) is 38.4 Å². The van der Waals surface area contributed by atoms with Crippen molar-refractivity contribution in [2.45, 2.75) is 50.0 Å². The summed E-state index contributed by atoms with van der Waals surface area (Å²) >= 11 is 0. The summed E-state index contributed by atoms with van der Waals surface area (Å²) < 4.78 is 29.3. The lowest BCUT2D eigenvalue weighted by Gasteiger charge is -2.33. The largest absolute Gasteiger partial charge is 0.370 e. The van der Waals surface area contributed by atoms with Crippen molar-refractivity contribution in [3.05, 3.63) is 66.9 Å². The molecule has 1 aliphatic rings. The number of piperidine rings is 1.